The minimum atomic E-state index is -0.592. The number of carbonyl (C=O) groups excluding carboxylic acids is 1. The van der Waals surface area contributed by atoms with E-state index in [1.807, 2.05) is 17.0 Å². The molecular weight excluding hydrogens is 400 g/mol. The maximum Gasteiger partial charge on any atom is 0.238 e. The van der Waals surface area contributed by atoms with Crippen molar-refractivity contribution in [3.8, 4) is 0 Å². The lowest BCUT2D eigenvalue weighted by atomic mass is 9.66. The summed E-state index contributed by atoms with van der Waals surface area (Å²) in [5, 5.41) is 0. The van der Waals surface area contributed by atoms with E-state index in [1.165, 1.54) is 0 Å². The van der Waals surface area contributed by atoms with E-state index < -0.39 is 5.41 Å². The zero-order valence-electron chi connectivity index (χ0n) is 17.6. The maximum atomic E-state index is 13.8. The number of likely N-dealkylation sites (tertiary alicyclic amines) is 1. The van der Waals surface area contributed by atoms with Gasteiger partial charge in [0.05, 0.1) is 13.2 Å². The minimum absolute atomic E-state index is 0. The van der Waals surface area contributed by atoms with Crippen molar-refractivity contribution in [1.82, 2.24) is 9.80 Å². The third-order valence-electron chi connectivity index (χ3n) is 6.42. The topological polar surface area (TPSA) is 64.3 Å². The number of ether oxygens (including phenoxy) is 1. The van der Waals surface area contributed by atoms with Crippen molar-refractivity contribution in [2.45, 2.75) is 18.8 Å². The summed E-state index contributed by atoms with van der Waals surface area (Å²) >= 11 is 0. The summed E-state index contributed by atoms with van der Waals surface area (Å²) in [7, 11) is 0. The summed E-state index contributed by atoms with van der Waals surface area (Å²) in [6, 6.07) is 20.8. The monoisotopic (exact) mass is 431 g/mol. The molecule has 30 heavy (non-hydrogen) atoms. The fourth-order valence-electron chi connectivity index (χ4n) is 4.94. The Bertz CT molecular complexity index is 742. The van der Waals surface area contributed by atoms with Crippen LogP contribution >= 0.6 is 0 Å². The number of benzene rings is 2. The molecule has 0 radical (unpaired) electrons. The van der Waals surface area contributed by atoms with Gasteiger partial charge in [-0.15, -0.1) is 0 Å². The van der Waals surface area contributed by atoms with Crippen LogP contribution in [0.1, 0.15) is 24.5 Å². The van der Waals surface area contributed by atoms with Crippen LogP contribution in [0.25, 0.3) is 0 Å². The molecule has 1 unspecified atom stereocenters. The highest BCUT2D eigenvalue weighted by Crippen LogP contribution is 2.47. The third kappa shape index (κ3) is 4.40. The molecule has 2 saturated heterocycles. The lowest BCUT2D eigenvalue weighted by molar-refractivity contribution is -0.131. The Balaban J connectivity index is 0.00000160. The number of halogens is 1. The van der Waals surface area contributed by atoms with E-state index in [0.29, 0.717) is 0 Å². The van der Waals surface area contributed by atoms with Gasteiger partial charge in [0.1, 0.15) is 5.41 Å². The SMILES string of the molecule is CCN1CC(CCN2CCOCC2)C(c2ccccc2)(c2ccccc2)C1=O.O.[Cl-]. The molecule has 1 amide bonds. The number of hydrogen-bond donors (Lipinski definition) is 0. The van der Waals surface area contributed by atoms with Crippen molar-refractivity contribution in [2.75, 3.05) is 45.9 Å². The highest BCUT2D eigenvalue weighted by atomic mass is 35.5. The number of nitrogens with zero attached hydrogens (tertiary/aromatic N) is 2. The first-order valence-electron chi connectivity index (χ1n) is 10.5. The predicted molar refractivity (Wildman–Crippen MR) is 115 cm³/mol. The summed E-state index contributed by atoms with van der Waals surface area (Å²) in [6.45, 7) is 8.28. The Hall–Kier alpha value is -1.92. The molecule has 4 rings (SSSR count). The largest absolute Gasteiger partial charge is 1.00 e. The van der Waals surface area contributed by atoms with Gasteiger partial charge in [-0.1, -0.05) is 60.7 Å². The molecule has 0 bridgehead atoms. The van der Waals surface area contributed by atoms with Crippen LogP contribution in [-0.2, 0) is 14.9 Å². The van der Waals surface area contributed by atoms with Gasteiger partial charge >= 0.3 is 0 Å². The molecule has 5 nitrogen and oxygen atoms in total. The lowest BCUT2D eigenvalue weighted by Gasteiger charge is -2.36. The zero-order chi connectivity index (χ0) is 19.4. The average molecular weight is 432 g/mol. The van der Waals surface area contributed by atoms with E-state index in [-0.39, 0.29) is 29.7 Å². The molecule has 2 fully saturated rings. The first-order chi connectivity index (χ1) is 13.8. The number of morpholine rings is 1. The average Bonchev–Trinajstić information content (AvgIpc) is 3.06. The van der Waals surface area contributed by atoms with Gasteiger partial charge in [0, 0.05) is 32.1 Å². The fourth-order valence-corrected chi connectivity index (χ4v) is 4.94. The molecule has 2 aromatic rings. The van der Waals surface area contributed by atoms with Crippen molar-refractivity contribution in [3.05, 3.63) is 71.8 Å². The van der Waals surface area contributed by atoms with Crippen LogP contribution in [-0.4, -0.2) is 67.1 Å². The summed E-state index contributed by atoms with van der Waals surface area (Å²) < 4.78 is 5.50. The third-order valence-corrected chi connectivity index (χ3v) is 6.42. The van der Waals surface area contributed by atoms with Crippen LogP contribution in [0.4, 0.5) is 0 Å². The molecule has 6 heteroatoms. The van der Waals surface area contributed by atoms with Crippen molar-refractivity contribution in [3.63, 3.8) is 0 Å². The first kappa shape index (κ1) is 24.4. The Morgan fingerprint density at radius 2 is 1.50 bits per heavy atom. The Labute approximate surface area is 185 Å². The summed E-state index contributed by atoms with van der Waals surface area (Å²) in [5.74, 6) is 0.506. The molecule has 0 spiro atoms. The van der Waals surface area contributed by atoms with Gasteiger partial charge in [-0.2, -0.15) is 0 Å². The second kappa shape index (κ2) is 10.9. The van der Waals surface area contributed by atoms with Crippen LogP contribution in [0.3, 0.4) is 0 Å². The minimum Gasteiger partial charge on any atom is -1.00 e. The Morgan fingerprint density at radius 1 is 0.967 bits per heavy atom. The number of rotatable bonds is 6. The van der Waals surface area contributed by atoms with Gasteiger partial charge < -0.3 is 27.5 Å². The normalized spacial score (nSPS) is 21.0. The van der Waals surface area contributed by atoms with Gasteiger partial charge in [-0.25, -0.2) is 0 Å². The van der Waals surface area contributed by atoms with Crippen LogP contribution in [0.15, 0.2) is 60.7 Å². The van der Waals surface area contributed by atoms with Crippen LogP contribution < -0.4 is 12.4 Å². The molecule has 2 aromatic carbocycles. The van der Waals surface area contributed by atoms with Crippen LogP contribution in [0.2, 0.25) is 0 Å². The summed E-state index contributed by atoms with van der Waals surface area (Å²) in [4.78, 5) is 18.3. The quantitative estimate of drug-likeness (QED) is 0.610. The van der Waals surface area contributed by atoms with Crippen molar-refractivity contribution < 1.29 is 27.4 Å². The van der Waals surface area contributed by atoms with Crippen molar-refractivity contribution in [2.24, 2.45) is 5.92 Å². The summed E-state index contributed by atoms with van der Waals surface area (Å²) in [6.07, 6.45) is 1.01. The molecule has 0 aromatic heterocycles. The molecule has 2 aliphatic rings. The highest BCUT2D eigenvalue weighted by molar-refractivity contribution is 5.94. The predicted octanol–water partition coefficient (Wildman–Crippen LogP) is -0.647. The molecule has 2 heterocycles. The lowest BCUT2D eigenvalue weighted by Crippen LogP contribution is -3.00. The molecular formula is C24H32ClN2O3-. The number of carbonyl (C=O) groups is 1. The number of amides is 1. The standard InChI is InChI=1S/C24H30N2O2.ClH.H2O/c1-2-26-19-22(13-14-25-15-17-28-18-16-25)24(23(26)27,20-9-5-3-6-10-20)21-11-7-4-8-12-21;;/h3-12,22H,2,13-19H2,1H3;1H;1H2/p-1. The van der Waals surface area contributed by atoms with Gasteiger partial charge in [0.25, 0.3) is 0 Å². The number of likely N-dealkylation sites (N-methyl/N-ethyl adjacent to an activating group) is 1. The van der Waals surface area contributed by atoms with E-state index in [2.05, 4.69) is 60.4 Å². The van der Waals surface area contributed by atoms with Crippen molar-refractivity contribution >= 4 is 5.91 Å². The molecule has 1 atom stereocenters. The molecule has 164 valence electrons. The van der Waals surface area contributed by atoms with Gasteiger partial charge in [0.2, 0.25) is 5.91 Å². The van der Waals surface area contributed by atoms with Gasteiger partial charge in [-0.3, -0.25) is 9.69 Å². The second-order valence-corrected chi connectivity index (χ2v) is 7.82. The van der Waals surface area contributed by atoms with E-state index >= 15 is 0 Å². The van der Waals surface area contributed by atoms with Crippen LogP contribution in [0, 0.1) is 5.92 Å². The smallest absolute Gasteiger partial charge is 0.238 e. The van der Waals surface area contributed by atoms with Gasteiger partial charge in [0.15, 0.2) is 0 Å². The molecule has 0 aliphatic carbocycles. The van der Waals surface area contributed by atoms with Crippen molar-refractivity contribution in [1.29, 1.82) is 0 Å². The first-order valence-corrected chi connectivity index (χ1v) is 10.5. The zero-order valence-corrected chi connectivity index (χ0v) is 18.4. The number of hydrogen-bond acceptors (Lipinski definition) is 3. The van der Waals surface area contributed by atoms with E-state index in [9.17, 15) is 4.79 Å². The molecule has 0 saturated carbocycles. The van der Waals surface area contributed by atoms with E-state index in [1.54, 1.807) is 0 Å². The molecule has 2 N–H and O–H groups in total. The fraction of sp³-hybridized carbons (Fsp3) is 0.458. The Morgan fingerprint density at radius 3 is 2.00 bits per heavy atom. The highest BCUT2D eigenvalue weighted by Gasteiger charge is 2.55. The second-order valence-electron chi connectivity index (χ2n) is 7.82. The molecule has 2 aliphatic heterocycles. The Kier molecular flexibility index (Phi) is 8.86. The van der Waals surface area contributed by atoms with Crippen LogP contribution in [0.5, 0.6) is 0 Å². The van der Waals surface area contributed by atoms with E-state index in [4.69, 9.17) is 4.74 Å². The summed E-state index contributed by atoms with van der Waals surface area (Å²) in [5.41, 5.74) is 1.65. The van der Waals surface area contributed by atoms with E-state index in [0.717, 1.165) is 63.5 Å². The van der Waals surface area contributed by atoms with Gasteiger partial charge in [-0.05, 0) is 31.0 Å². The maximum absolute atomic E-state index is 13.8.